The van der Waals surface area contributed by atoms with Crippen molar-refractivity contribution in [2.75, 3.05) is 73.6 Å². The molecule has 16 heteroatoms. The summed E-state index contributed by atoms with van der Waals surface area (Å²) in [4.78, 5) is 61.3. The molecule has 60 heavy (non-hydrogen) atoms. The van der Waals surface area contributed by atoms with Gasteiger partial charge in [-0.3, -0.25) is 34.3 Å². The second-order valence-electron chi connectivity index (χ2n) is 17.3. The van der Waals surface area contributed by atoms with Gasteiger partial charge >= 0.3 is 0 Å². The number of piperidine rings is 3. The van der Waals surface area contributed by atoms with Crippen LogP contribution in [0.1, 0.15) is 78.1 Å². The molecule has 4 amide bonds. The van der Waals surface area contributed by atoms with E-state index in [2.05, 4.69) is 37.9 Å². The SMILES string of the molecule is C[C@H]1CC2(CCN(c3ccc(S(=O)(=O)N4CCN(C5CCN(c6ccc7c(c6)C(=O)N(C6CCC(=O)NC6=O)C7=O)CC5)CC4)cc3)CC2)CN1c1ccc(C#N)c(Cl)c1. The predicted octanol–water partition coefficient (Wildman–Crippen LogP) is 4.47. The van der Waals surface area contributed by atoms with E-state index in [1.807, 2.05) is 30.3 Å². The second-order valence-corrected chi connectivity index (χ2v) is 19.6. The van der Waals surface area contributed by atoms with Gasteiger partial charge in [0.25, 0.3) is 11.8 Å². The molecular formula is C44H49ClN8O6S. The minimum absolute atomic E-state index is 0.0741. The fourth-order valence-electron chi connectivity index (χ4n) is 10.5. The summed E-state index contributed by atoms with van der Waals surface area (Å²) in [6, 6.07) is 20.1. The first-order valence-corrected chi connectivity index (χ1v) is 22.8. The van der Waals surface area contributed by atoms with Gasteiger partial charge in [-0.1, -0.05) is 11.6 Å². The third-order valence-electron chi connectivity index (χ3n) is 13.9. The van der Waals surface area contributed by atoms with Crippen LogP contribution in [-0.4, -0.2) is 123 Å². The van der Waals surface area contributed by atoms with E-state index in [9.17, 15) is 32.9 Å². The maximum absolute atomic E-state index is 13.8. The summed E-state index contributed by atoms with van der Waals surface area (Å²) in [7, 11) is -3.65. The van der Waals surface area contributed by atoms with Gasteiger partial charge in [0, 0.05) is 94.5 Å². The van der Waals surface area contributed by atoms with E-state index in [1.165, 1.54) is 0 Å². The van der Waals surface area contributed by atoms with Crippen molar-refractivity contribution in [1.82, 2.24) is 19.4 Å². The average Bonchev–Trinajstić information content (AvgIpc) is 3.71. The summed E-state index contributed by atoms with van der Waals surface area (Å²) in [5.41, 5.74) is 4.17. The van der Waals surface area contributed by atoms with Crippen molar-refractivity contribution in [3.8, 4) is 6.07 Å². The van der Waals surface area contributed by atoms with Crippen LogP contribution in [-0.2, 0) is 19.6 Å². The van der Waals surface area contributed by atoms with E-state index in [0.717, 1.165) is 86.8 Å². The number of benzene rings is 3. The molecule has 6 aliphatic rings. The third-order valence-corrected chi connectivity index (χ3v) is 16.1. The van der Waals surface area contributed by atoms with Crippen molar-refractivity contribution in [2.24, 2.45) is 5.41 Å². The van der Waals surface area contributed by atoms with Crippen LogP contribution in [0.4, 0.5) is 17.1 Å². The molecule has 3 aromatic carbocycles. The molecule has 5 fully saturated rings. The van der Waals surface area contributed by atoms with Gasteiger partial charge in [0.2, 0.25) is 21.8 Å². The average molecular weight is 853 g/mol. The molecule has 0 saturated carbocycles. The van der Waals surface area contributed by atoms with Gasteiger partial charge in [0.05, 0.1) is 26.6 Å². The van der Waals surface area contributed by atoms with E-state index in [1.54, 1.807) is 34.6 Å². The number of nitrogens with zero attached hydrogens (tertiary/aromatic N) is 7. The number of anilines is 3. The van der Waals surface area contributed by atoms with Crippen LogP contribution in [0.2, 0.25) is 5.02 Å². The largest absolute Gasteiger partial charge is 0.371 e. The fourth-order valence-corrected chi connectivity index (χ4v) is 12.1. The van der Waals surface area contributed by atoms with Crippen molar-refractivity contribution >= 4 is 62.3 Å². The van der Waals surface area contributed by atoms with Crippen LogP contribution in [0, 0.1) is 16.7 Å². The molecule has 0 bridgehead atoms. The van der Waals surface area contributed by atoms with Crippen LogP contribution in [0.25, 0.3) is 0 Å². The maximum Gasteiger partial charge on any atom is 0.262 e. The number of fused-ring (bicyclic) bond motifs is 1. The first-order valence-electron chi connectivity index (χ1n) is 21.0. The minimum Gasteiger partial charge on any atom is -0.371 e. The van der Waals surface area contributed by atoms with Gasteiger partial charge in [0.15, 0.2) is 0 Å². The lowest BCUT2D eigenvalue weighted by molar-refractivity contribution is -0.136. The molecule has 0 radical (unpaired) electrons. The van der Waals surface area contributed by atoms with E-state index < -0.39 is 39.7 Å². The lowest BCUT2D eigenvalue weighted by Gasteiger charge is -2.43. The lowest BCUT2D eigenvalue weighted by atomic mass is 9.76. The highest BCUT2D eigenvalue weighted by Gasteiger charge is 2.46. The Hall–Kier alpha value is -5.01. The van der Waals surface area contributed by atoms with Crippen LogP contribution in [0.5, 0.6) is 0 Å². The Kier molecular flexibility index (Phi) is 10.6. The molecule has 14 nitrogen and oxygen atoms in total. The molecular weight excluding hydrogens is 804 g/mol. The molecule has 9 rings (SSSR count). The number of nitrogens with one attached hydrogen (secondary N) is 1. The molecule has 1 spiro atoms. The molecule has 314 valence electrons. The highest BCUT2D eigenvalue weighted by Crippen LogP contribution is 2.46. The smallest absolute Gasteiger partial charge is 0.262 e. The third kappa shape index (κ3) is 7.31. The van der Waals surface area contributed by atoms with Crippen LogP contribution < -0.4 is 20.0 Å². The number of amides is 4. The van der Waals surface area contributed by atoms with Crippen molar-refractivity contribution in [2.45, 2.75) is 74.9 Å². The number of nitriles is 1. The predicted molar refractivity (Wildman–Crippen MR) is 227 cm³/mol. The Morgan fingerprint density at radius 3 is 2.08 bits per heavy atom. The van der Waals surface area contributed by atoms with Crippen molar-refractivity contribution < 1.29 is 27.6 Å². The normalized spacial score (nSPS) is 24.3. The number of imide groups is 2. The Balaban J connectivity index is 0.751. The number of halogens is 1. The zero-order valence-corrected chi connectivity index (χ0v) is 35.3. The van der Waals surface area contributed by atoms with Gasteiger partial charge in [-0.15, -0.1) is 0 Å². The first-order chi connectivity index (χ1) is 28.8. The summed E-state index contributed by atoms with van der Waals surface area (Å²) < 4.78 is 29.2. The number of sulfonamides is 1. The number of hydrogen-bond donors (Lipinski definition) is 1. The molecule has 0 aromatic heterocycles. The topological polar surface area (TPSA) is 158 Å². The van der Waals surface area contributed by atoms with Gasteiger partial charge < -0.3 is 14.7 Å². The Morgan fingerprint density at radius 1 is 0.767 bits per heavy atom. The van der Waals surface area contributed by atoms with E-state index in [-0.39, 0.29) is 29.4 Å². The van der Waals surface area contributed by atoms with E-state index in [0.29, 0.717) is 53.7 Å². The van der Waals surface area contributed by atoms with E-state index in [4.69, 9.17) is 11.6 Å². The van der Waals surface area contributed by atoms with Crippen LogP contribution in [0.15, 0.2) is 65.6 Å². The highest BCUT2D eigenvalue weighted by molar-refractivity contribution is 7.89. The fraction of sp³-hybridized carbons (Fsp3) is 0.477. The molecule has 6 aliphatic heterocycles. The van der Waals surface area contributed by atoms with Gasteiger partial charge in [0.1, 0.15) is 12.1 Å². The molecule has 1 N–H and O–H groups in total. The standard InChI is InChI=1S/C44H49ClN8O6S/c1-29-26-44(28-52(29)34-3-2-30(27-46)38(45)25-34)14-18-49(19-15-44)31-4-7-35(8-5-31)60(58,59)51-22-20-50(21-23-51)32-12-16-48(17-13-32)33-6-9-36-37(24-33)43(57)53(42(36)56)39-10-11-40(54)47-41(39)55/h2-9,24-25,29,32,39H,10-23,26,28H2,1H3,(H,47,54,55)/t29-,39?/m0/s1. The van der Waals surface area contributed by atoms with Crippen LogP contribution in [0.3, 0.4) is 0 Å². The Morgan fingerprint density at radius 2 is 1.42 bits per heavy atom. The van der Waals surface area contributed by atoms with Crippen LogP contribution >= 0.6 is 11.6 Å². The summed E-state index contributed by atoms with van der Waals surface area (Å²) in [5.74, 6) is -2.06. The summed E-state index contributed by atoms with van der Waals surface area (Å²) >= 11 is 6.37. The molecule has 1 unspecified atom stereocenters. The quantitative estimate of drug-likeness (QED) is 0.335. The number of carbonyl (C=O) groups excluding carboxylic acids is 4. The van der Waals surface area contributed by atoms with Crippen molar-refractivity contribution in [3.63, 3.8) is 0 Å². The summed E-state index contributed by atoms with van der Waals surface area (Å²) in [6.45, 7) is 8.66. The van der Waals surface area contributed by atoms with E-state index >= 15 is 0 Å². The highest BCUT2D eigenvalue weighted by atomic mass is 35.5. The molecule has 5 saturated heterocycles. The second kappa shape index (κ2) is 15.8. The summed E-state index contributed by atoms with van der Waals surface area (Å²) in [5, 5.41) is 12.0. The molecule has 2 atom stereocenters. The Bertz CT molecular complexity index is 2380. The molecule has 0 aliphatic carbocycles. The Labute approximate surface area is 355 Å². The number of hydrogen-bond acceptors (Lipinski definition) is 11. The number of piperazine rings is 1. The van der Waals surface area contributed by atoms with Gasteiger partial charge in [-0.25, -0.2) is 8.42 Å². The van der Waals surface area contributed by atoms with Gasteiger partial charge in [-0.2, -0.15) is 9.57 Å². The maximum atomic E-state index is 13.8. The molecule has 6 heterocycles. The minimum atomic E-state index is -3.65. The van der Waals surface area contributed by atoms with Crippen molar-refractivity contribution in [1.29, 1.82) is 5.26 Å². The number of rotatable bonds is 7. The zero-order chi connectivity index (χ0) is 41.9. The van der Waals surface area contributed by atoms with Gasteiger partial charge in [-0.05, 0) is 112 Å². The number of carbonyl (C=O) groups is 4. The first kappa shape index (κ1) is 40.4. The zero-order valence-electron chi connectivity index (χ0n) is 33.7. The monoisotopic (exact) mass is 852 g/mol. The molecule has 3 aromatic rings. The lowest BCUT2D eigenvalue weighted by Crippen LogP contribution is -2.54. The summed E-state index contributed by atoms with van der Waals surface area (Å²) in [6.07, 6.45) is 5.13. The van der Waals surface area contributed by atoms with Crippen molar-refractivity contribution in [3.05, 3.63) is 82.4 Å².